The van der Waals surface area contributed by atoms with Crippen LogP contribution in [-0.2, 0) is 9.63 Å². The molecule has 4 nitrogen and oxygen atoms in total. The molecule has 2 bridgehead atoms. The summed E-state index contributed by atoms with van der Waals surface area (Å²) in [6.07, 6.45) is 5.81. The van der Waals surface area contributed by atoms with E-state index in [1.165, 1.54) is 24.3 Å². The van der Waals surface area contributed by atoms with E-state index in [0.29, 0.717) is 12.1 Å². The van der Waals surface area contributed by atoms with Crippen LogP contribution >= 0.6 is 0 Å². The van der Waals surface area contributed by atoms with Gasteiger partial charge in [0, 0.05) is 25.0 Å². The van der Waals surface area contributed by atoms with Gasteiger partial charge in [0.1, 0.15) is 0 Å². The summed E-state index contributed by atoms with van der Waals surface area (Å²) >= 11 is 0. The molecule has 2 fully saturated rings. The predicted molar refractivity (Wildman–Crippen MR) is 61.7 cm³/mol. The molecule has 2 unspecified atom stereocenters. The first-order chi connectivity index (χ1) is 7.63. The molecule has 1 amide bonds. The van der Waals surface area contributed by atoms with Gasteiger partial charge in [0.15, 0.2) is 0 Å². The highest BCUT2D eigenvalue weighted by molar-refractivity contribution is 5.77. The lowest BCUT2D eigenvalue weighted by Gasteiger charge is -2.46. The monoisotopic (exact) mass is 226 g/mol. The fraction of sp³-hybridized carbons (Fsp3) is 0.917. The van der Waals surface area contributed by atoms with Crippen molar-refractivity contribution >= 4 is 5.91 Å². The van der Waals surface area contributed by atoms with Gasteiger partial charge < -0.3 is 4.90 Å². The molecule has 0 aromatic heterocycles. The Morgan fingerprint density at radius 2 is 1.88 bits per heavy atom. The molecule has 2 aliphatic rings. The van der Waals surface area contributed by atoms with E-state index in [1.807, 2.05) is 0 Å². The van der Waals surface area contributed by atoms with Gasteiger partial charge in [-0.15, -0.1) is 0 Å². The van der Waals surface area contributed by atoms with E-state index in [4.69, 9.17) is 4.84 Å². The van der Waals surface area contributed by atoms with Gasteiger partial charge >= 0.3 is 0 Å². The second-order valence-corrected chi connectivity index (χ2v) is 5.09. The van der Waals surface area contributed by atoms with Crippen LogP contribution in [0.3, 0.4) is 0 Å². The molecule has 0 aromatic carbocycles. The number of hydrogen-bond acceptors (Lipinski definition) is 3. The maximum Gasteiger partial charge on any atom is 0.249 e. The summed E-state index contributed by atoms with van der Waals surface area (Å²) in [5.74, 6) is 0.309. The van der Waals surface area contributed by atoms with Gasteiger partial charge in [0.25, 0.3) is 0 Å². The minimum atomic E-state index is 0.146. The van der Waals surface area contributed by atoms with E-state index in [1.54, 1.807) is 14.2 Å². The fourth-order valence-corrected chi connectivity index (χ4v) is 3.16. The Labute approximate surface area is 97.5 Å². The molecule has 4 heteroatoms. The second-order valence-electron chi connectivity index (χ2n) is 5.09. The summed E-state index contributed by atoms with van der Waals surface area (Å²) in [6, 6.07) is 1.21. The maximum absolute atomic E-state index is 12.0. The molecule has 2 heterocycles. The molecule has 0 aliphatic carbocycles. The van der Waals surface area contributed by atoms with Crippen molar-refractivity contribution in [2.75, 3.05) is 21.2 Å². The number of nitrogens with zero attached hydrogens (tertiary/aromatic N) is 2. The average molecular weight is 226 g/mol. The number of hydrogen-bond donors (Lipinski definition) is 0. The van der Waals surface area contributed by atoms with Crippen molar-refractivity contribution in [3.05, 3.63) is 0 Å². The Bertz CT molecular complexity index is 256. The number of amides is 1. The summed E-state index contributed by atoms with van der Waals surface area (Å²) in [5.41, 5.74) is 0. The number of hydroxylamine groups is 2. The smallest absolute Gasteiger partial charge is 0.249 e. The van der Waals surface area contributed by atoms with Crippen molar-refractivity contribution in [2.45, 2.75) is 44.2 Å². The standard InChI is InChI=1S/C12H22N2O2/c1-13-10-5-4-6-11(13)8-9(7-10)12(15)14(2)16-3/h9-11H,4-8H2,1-3H3. The van der Waals surface area contributed by atoms with E-state index in [-0.39, 0.29) is 11.8 Å². The zero-order valence-electron chi connectivity index (χ0n) is 10.5. The maximum atomic E-state index is 12.0. The van der Waals surface area contributed by atoms with Gasteiger partial charge in [0.05, 0.1) is 7.11 Å². The van der Waals surface area contributed by atoms with E-state index in [9.17, 15) is 4.79 Å². The van der Waals surface area contributed by atoms with Crippen LogP contribution in [0.4, 0.5) is 0 Å². The van der Waals surface area contributed by atoms with Gasteiger partial charge in [0.2, 0.25) is 5.91 Å². The Kier molecular flexibility index (Phi) is 3.50. The van der Waals surface area contributed by atoms with Crippen molar-refractivity contribution in [1.29, 1.82) is 0 Å². The molecule has 2 atom stereocenters. The molecular formula is C12H22N2O2. The van der Waals surface area contributed by atoms with Crippen molar-refractivity contribution in [2.24, 2.45) is 5.92 Å². The van der Waals surface area contributed by atoms with E-state index < -0.39 is 0 Å². The van der Waals surface area contributed by atoms with Crippen LogP contribution in [0.5, 0.6) is 0 Å². The van der Waals surface area contributed by atoms with E-state index in [0.717, 1.165) is 12.8 Å². The summed E-state index contributed by atoms with van der Waals surface area (Å²) < 4.78 is 0. The lowest BCUT2D eigenvalue weighted by atomic mass is 9.78. The lowest BCUT2D eigenvalue weighted by molar-refractivity contribution is -0.176. The molecule has 16 heavy (non-hydrogen) atoms. The van der Waals surface area contributed by atoms with E-state index in [2.05, 4.69) is 11.9 Å². The molecule has 0 aromatic rings. The Morgan fingerprint density at radius 1 is 1.31 bits per heavy atom. The van der Waals surface area contributed by atoms with Gasteiger partial charge in [-0.1, -0.05) is 6.42 Å². The number of carbonyl (C=O) groups is 1. The Balaban J connectivity index is 2.01. The zero-order chi connectivity index (χ0) is 11.7. The largest absolute Gasteiger partial charge is 0.300 e. The number of piperidine rings is 2. The first kappa shape index (κ1) is 11.9. The normalized spacial score (nSPS) is 34.8. The molecule has 2 aliphatic heterocycles. The van der Waals surface area contributed by atoms with Crippen LogP contribution in [0.25, 0.3) is 0 Å². The predicted octanol–water partition coefficient (Wildman–Crippen LogP) is 1.27. The molecule has 0 saturated carbocycles. The summed E-state index contributed by atoms with van der Waals surface area (Å²) in [4.78, 5) is 19.5. The van der Waals surface area contributed by atoms with Gasteiger partial charge in [-0.3, -0.25) is 9.63 Å². The fourth-order valence-electron chi connectivity index (χ4n) is 3.16. The summed E-state index contributed by atoms with van der Waals surface area (Å²) in [6.45, 7) is 0. The van der Waals surface area contributed by atoms with Crippen LogP contribution in [0.15, 0.2) is 0 Å². The van der Waals surface area contributed by atoms with Crippen molar-refractivity contribution in [3.8, 4) is 0 Å². The SMILES string of the molecule is CON(C)C(=O)C1CC2CCCC(C1)N2C. The highest BCUT2D eigenvalue weighted by Gasteiger charge is 2.39. The topological polar surface area (TPSA) is 32.8 Å². The Hall–Kier alpha value is -0.610. The van der Waals surface area contributed by atoms with Gasteiger partial charge in [-0.2, -0.15) is 0 Å². The van der Waals surface area contributed by atoms with Crippen molar-refractivity contribution in [1.82, 2.24) is 9.96 Å². The molecular weight excluding hydrogens is 204 g/mol. The molecule has 92 valence electrons. The Morgan fingerprint density at radius 3 is 2.38 bits per heavy atom. The highest BCUT2D eigenvalue weighted by atomic mass is 16.7. The lowest BCUT2D eigenvalue weighted by Crippen LogP contribution is -2.52. The third-order valence-corrected chi connectivity index (χ3v) is 4.27. The third kappa shape index (κ3) is 2.09. The van der Waals surface area contributed by atoms with Crippen LogP contribution in [0, 0.1) is 5.92 Å². The quantitative estimate of drug-likeness (QED) is 0.665. The number of fused-ring (bicyclic) bond motifs is 2. The average Bonchev–Trinajstić information content (AvgIpc) is 2.26. The molecule has 2 saturated heterocycles. The third-order valence-electron chi connectivity index (χ3n) is 4.27. The minimum absolute atomic E-state index is 0.146. The first-order valence-electron chi connectivity index (χ1n) is 6.17. The van der Waals surface area contributed by atoms with Crippen LogP contribution in [-0.4, -0.2) is 49.2 Å². The number of carbonyl (C=O) groups excluding carboxylic acids is 1. The van der Waals surface area contributed by atoms with Crippen LogP contribution in [0.2, 0.25) is 0 Å². The molecule has 0 spiro atoms. The molecule has 2 rings (SSSR count). The first-order valence-corrected chi connectivity index (χ1v) is 6.17. The van der Waals surface area contributed by atoms with Gasteiger partial charge in [-0.25, -0.2) is 5.06 Å². The minimum Gasteiger partial charge on any atom is -0.300 e. The van der Waals surface area contributed by atoms with Crippen LogP contribution < -0.4 is 0 Å². The van der Waals surface area contributed by atoms with E-state index >= 15 is 0 Å². The van der Waals surface area contributed by atoms with Crippen LogP contribution in [0.1, 0.15) is 32.1 Å². The summed E-state index contributed by atoms with van der Waals surface area (Å²) in [5, 5.41) is 1.38. The van der Waals surface area contributed by atoms with Gasteiger partial charge in [-0.05, 0) is 32.7 Å². The molecule has 0 N–H and O–H groups in total. The summed E-state index contributed by atoms with van der Waals surface area (Å²) in [7, 11) is 5.46. The number of rotatable bonds is 2. The second kappa shape index (κ2) is 4.72. The highest BCUT2D eigenvalue weighted by Crippen LogP contribution is 2.36. The molecule has 0 radical (unpaired) electrons. The van der Waals surface area contributed by atoms with Crippen molar-refractivity contribution in [3.63, 3.8) is 0 Å². The van der Waals surface area contributed by atoms with Crippen molar-refractivity contribution < 1.29 is 9.63 Å². The zero-order valence-corrected chi connectivity index (χ0v) is 10.5.